The molecule has 0 aliphatic carbocycles. The molecule has 102 valence electrons. The first-order chi connectivity index (χ1) is 8.88. The minimum absolute atomic E-state index is 0.0556. The van der Waals surface area contributed by atoms with E-state index >= 15 is 0 Å². The van der Waals surface area contributed by atoms with E-state index in [1.54, 1.807) is 0 Å². The molecule has 0 saturated carbocycles. The summed E-state index contributed by atoms with van der Waals surface area (Å²) in [4.78, 5) is 4.32. The maximum Gasteiger partial charge on any atom is 0.181 e. The minimum atomic E-state index is 0.0556. The Labute approximate surface area is 122 Å². The maximum atomic E-state index is 5.57. The van der Waals surface area contributed by atoms with E-state index in [1.807, 2.05) is 12.1 Å². The van der Waals surface area contributed by atoms with Gasteiger partial charge in [-0.3, -0.25) is 0 Å². The highest BCUT2D eigenvalue weighted by Gasteiger charge is 2.16. The van der Waals surface area contributed by atoms with Gasteiger partial charge in [-0.15, -0.1) is 0 Å². The molecule has 4 heteroatoms. The maximum absolute atomic E-state index is 5.57. The molecule has 0 atom stereocenters. The van der Waals surface area contributed by atoms with Gasteiger partial charge in [-0.2, -0.15) is 0 Å². The summed E-state index contributed by atoms with van der Waals surface area (Å²) in [5.41, 5.74) is 3.22. The molecule has 1 N–H and O–H groups in total. The number of hydrogen-bond acceptors (Lipinski definition) is 3. The van der Waals surface area contributed by atoms with Crippen molar-refractivity contribution in [3.63, 3.8) is 0 Å². The van der Waals surface area contributed by atoms with Crippen molar-refractivity contribution >= 4 is 15.9 Å². The Kier molecular flexibility index (Phi) is 4.11. The van der Waals surface area contributed by atoms with E-state index in [0.717, 1.165) is 21.5 Å². The van der Waals surface area contributed by atoms with Crippen LogP contribution in [-0.4, -0.2) is 10.5 Å². The predicted octanol–water partition coefficient (Wildman–Crippen LogP) is 4.30. The van der Waals surface area contributed by atoms with E-state index in [-0.39, 0.29) is 5.54 Å². The van der Waals surface area contributed by atoms with E-state index in [9.17, 15) is 0 Å². The molecule has 2 rings (SSSR count). The summed E-state index contributed by atoms with van der Waals surface area (Å²) < 4.78 is 6.63. The van der Waals surface area contributed by atoms with E-state index < -0.39 is 0 Å². The summed E-state index contributed by atoms with van der Waals surface area (Å²) in [5.74, 6) is 0.826. The summed E-state index contributed by atoms with van der Waals surface area (Å²) in [6, 6.07) is 6.13. The number of benzene rings is 1. The van der Waals surface area contributed by atoms with E-state index in [0.29, 0.717) is 6.54 Å². The molecule has 0 amide bonds. The second kappa shape index (κ2) is 5.47. The van der Waals surface area contributed by atoms with Crippen molar-refractivity contribution in [3.8, 4) is 11.3 Å². The number of aromatic nitrogens is 1. The van der Waals surface area contributed by atoms with Gasteiger partial charge < -0.3 is 9.73 Å². The van der Waals surface area contributed by atoms with Crippen LogP contribution in [0, 0.1) is 6.92 Å². The van der Waals surface area contributed by atoms with E-state index in [4.69, 9.17) is 4.42 Å². The van der Waals surface area contributed by atoms with Crippen molar-refractivity contribution in [2.75, 3.05) is 0 Å². The van der Waals surface area contributed by atoms with Crippen molar-refractivity contribution in [1.29, 1.82) is 0 Å². The van der Waals surface area contributed by atoms with Gasteiger partial charge in [-0.05, 0) is 49.2 Å². The topological polar surface area (TPSA) is 38.1 Å². The molecular formula is C15H19BrN2O. The number of oxazole rings is 1. The summed E-state index contributed by atoms with van der Waals surface area (Å²) >= 11 is 3.62. The zero-order valence-electron chi connectivity index (χ0n) is 11.7. The Morgan fingerprint density at radius 2 is 2.05 bits per heavy atom. The summed E-state index contributed by atoms with van der Waals surface area (Å²) in [6.07, 6.45) is 1.50. The Bertz CT molecular complexity index is 570. The molecule has 2 aromatic rings. The van der Waals surface area contributed by atoms with Gasteiger partial charge >= 0.3 is 0 Å². The number of nitrogens with zero attached hydrogens (tertiary/aromatic N) is 1. The quantitative estimate of drug-likeness (QED) is 0.915. The first kappa shape index (κ1) is 14.3. The number of halogens is 1. The molecule has 1 aromatic heterocycles. The van der Waals surface area contributed by atoms with Crippen LogP contribution in [0.25, 0.3) is 11.3 Å². The van der Waals surface area contributed by atoms with Gasteiger partial charge in [0.1, 0.15) is 5.69 Å². The molecule has 0 radical (unpaired) electrons. The lowest BCUT2D eigenvalue weighted by Crippen LogP contribution is -2.35. The van der Waals surface area contributed by atoms with Gasteiger partial charge in [0.15, 0.2) is 12.2 Å². The number of hydrogen-bond donors (Lipinski definition) is 1. The molecule has 0 saturated heterocycles. The van der Waals surface area contributed by atoms with Crippen molar-refractivity contribution in [2.45, 2.75) is 39.8 Å². The van der Waals surface area contributed by atoms with Gasteiger partial charge in [0.05, 0.1) is 0 Å². The SMILES string of the molecule is Cc1cccc(-c2ocnc2CNC(C)(C)C)c1Br. The molecule has 0 bridgehead atoms. The second-order valence-corrected chi connectivity index (χ2v) is 6.46. The number of aryl methyl sites for hydroxylation is 1. The zero-order chi connectivity index (χ0) is 14.0. The van der Waals surface area contributed by atoms with Crippen LogP contribution in [0.3, 0.4) is 0 Å². The predicted molar refractivity (Wildman–Crippen MR) is 81.0 cm³/mol. The smallest absolute Gasteiger partial charge is 0.181 e. The Morgan fingerprint density at radius 1 is 1.32 bits per heavy atom. The highest BCUT2D eigenvalue weighted by Crippen LogP contribution is 2.32. The van der Waals surface area contributed by atoms with Gasteiger partial charge in [0, 0.05) is 22.1 Å². The third-order valence-corrected chi connectivity index (χ3v) is 3.92. The molecule has 1 aromatic carbocycles. The van der Waals surface area contributed by atoms with E-state index in [1.165, 1.54) is 12.0 Å². The largest absolute Gasteiger partial charge is 0.443 e. The molecule has 0 aliphatic rings. The third-order valence-electron chi connectivity index (χ3n) is 2.86. The fraction of sp³-hybridized carbons (Fsp3) is 0.400. The Hall–Kier alpha value is -1.13. The number of rotatable bonds is 3. The van der Waals surface area contributed by atoms with Crippen molar-refractivity contribution in [2.24, 2.45) is 0 Å². The molecule has 0 spiro atoms. The van der Waals surface area contributed by atoms with Crippen LogP contribution in [0.4, 0.5) is 0 Å². The molecule has 0 fully saturated rings. The molecule has 19 heavy (non-hydrogen) atoms. The molecular weight excluding hydrogens is 304 g/mol. The van der Waals surface area contributed by atoms with Crippen LogP contribution in [0.1, 0.15) is 32.0 Å². The van der Waals surface area contributed by atoms with Gasteiger partial charge in [0.2, 0.25) is 0 Å². The van der Waals surface area contributed by atoms with Crippen LogP contribution in [0.15, 0.2) is 33.5 Å². The highest BCUT2D eigenvalue weighted by atomic mass is 79.9. The summed E-state index contributed by atoms with van der Waals surface area (Å²) in [5, 5.41) is 3.43. The van der Waals surface area contributed by atoms with Crippen LogP contribution in [0.2, 0.25) is 0 Å². The molecule has 3 nitrogen and oxygen atoms in total. The first-order valence-corrected chi connectivity index (χ1v) is 7.10. The third kappa shape index (κ3) is 3.45. The van der Waals surface area contributed by atoms with Crippen LogP contribution in [-0.2, 0) is 6.54 Å². The lowest BCUT2D eigenvalue weighted by molar-refractivity contribution is 0.421. The van der Waals surface area contributed by atoms with Crippen LogP contribution in [0.5, 0.6) is 0 Å². The van der Waals surface area contributed by atoms with Crippen LogP contribution < -0.4 is 5.32 Å². The molecule has 0 unspecified atom stereocenters. The zero-order valence-corrected chi connectivity index (χ0v) is 13.3. The van der Waals surface area contributed by atoms with Crippen molar-refractivity contribution in [1.82, 2.24) is 10.3 Å². The molecule has 0 aliphatic heterocycles. The molecule has 1 heterocycles. The van der Waals surface area contributed by atoms with Crippen LogP contribution >= 0.6 is 15.9 Å². The summed E-state index contributed by atoms with van der Waals surface area (Å²) in [6.45, 7) is 9.16. The highest BCUT2D eigenvalue weighted by molar-refractivity contribution is 9.10. The Balaban J connectivity index is 2.31. The number of nitrogens with one attached hydrogen (secondary N) is 1. The summed E-state index contributed by atoms with van der Waals surface area (Å²) in [7, 11) is 0. The second-order valence-electron chi connectivity index (χ2n) is 5.67. The van der Waals surface area contributed by atoms with Gasteiger partial charge in [-0.25, -0.2) is 4.98 Å². The van der Waals surface area contributed by atoms with Crippen molar-refractivity contribution in [3.05, 3.63) is 40.3 Å². The standard InChI is InChI=1S/C15H19BrN2O/c1-10-6-5-7-11(13(10)16)14-12(17-9-19-14)8-18-15(2,3)4/h5-7,9,18H,8H2,1-4H3. The average Bonchev–Trinajstić information content (AvgIpc) is 2.77. The normalized spacial score (nSPS) is 11.8. The average molecular weight is 323 g/mol. The fourth-order valence-electron chi connectivity index (χ4n) is 1.79. The minimum Gasteiger partial charge on any atom is -0.443 e. The lowest BCUT2D eigenvalue weighted by Gasteiger charge is -2.20. The monoisotopic (exact) mass is 322 g/mol. The fourth-order valence-corrected chi connectivity index (χ4v) is 2.23. The van der Waals surface area contributed by atoms with Gasteiger partial charge in [-0.1, -0.05) is 18.2 Å². The van der Waals surface area contributed by atoms with Crippen molar-refractivity contribution < 1.29 is 4.42 Å². The van der Waals surface area contributed by atoms with E-state index in [2.05, 4.69) is 60.0 Å². The Morgan fingerprint density at radius 3 is 2.74 bits per heavy atom. The lowest BCUT2D eigenvalue weighted by atomic mass is 10.1. The first-order valence-electron chi connectivity index (χ1n) is 6.31. The van der Waals surface area contributed by atoms with Gasteiger partial charge in [0.25, 0.3) is 0 Å².